The third-order valence-corrected chi connectivity index (χ3v) is 1.98. The molecule has 1 aromatic rings. The molecule has 0 atom stereocenters. The molecule has 0 aliphatic heterocycles. The molecule has 0 bridgehead atoms. The Bertz CT molecular complexity index is 236. The normalized spacial score (nSPS) is 10.8. The Kier molecular flexibility index (Phi) is 5.22. The lowest BCUT2D eigenvalue weighted by atomic mass is 10.2. The van der Waals surface area contributed by atoms with E-state index < -0.39 is 0 Å². The summed E-state index contributed by atoms with van der Waals surface area (Å²) < 4.78 is 0. The van der Waals surface area contributed by atoms with Gasteiger partial charge in [-0.2, -0.15) is 5.12 Å². The summed E-state index contributed by atoms with van der Waals surface area (Å²) in [5.74, 6) is 0. The quantitative estimate of drug-likeness (QED) is 0.671. The Labute approximate surface area is 86.1 Å². The second-order valence-corrected chi connectivity index (χ2v) is 3.08. The molecule has 3 heteroatoms. The molecule has 0 unspecified atom stereocenters. The zero-order valence-electron chi connectivity index (χ0n) is 8.96. The van der Waals surface area contributed by atoms with Crippen LogP contribution in [0.25, 0.3) is 0 Å². The molecule has 0 saturated heterocycles. The molecule has 0 fully saturated rings. The van der Waals surface area contributed by atoms with Crippen molar-refractivity contribution in [3.8, 4) is 0 Å². The number of benzene rings is 1. The van der Waals surface area contributed by atoms with Crippen molar-refractivity contribution in [3.05, 3.63) is 35.9 Å². The molecule has 0 amide bonds. The molecule has 14 heavy (non-hydrogen) atoms. The fourth-order valence-corrected chi connectivity index (χ4v) is 1.25. The van der Waals surface area contributed by atoms with Crippen molar-refractivity contribution in [2.24, 2.45) is 0 Å². The summed E-state index contributed by atoms with van der Waals surface area (Å²) in [5, 5.41) is 2.01. The van der Waals surface area contributed by atoms with Crippen LogP contribution in [0, 0.1) is 0 Å². The van der Waals surface area contributed by atoms with Gasteiger partial charge in [-0.15, -0.1) is 0 Å². The fourth-order valence-electron chi connectivity index (χ4n) is 1.25. The van der Waals surface area contributed by atoms with Crippen molar-refractivity contribution >= 4 is 0 Å². The van der Waals surface area contributed by atoms with Crippen molar-refractivity contribution in [1.82, 2.24) is 16.0 Å². The third-order valence-electron chi connectivity index (χ3n) is 1.98. The van der Waals surface area contributed by atoms with E-state index in [2.05, 4.69) is 49.0 Å². The summed E-state index contributed by atoms with van der Waals surface area (Å²) >= 11 is 0. The average molecular weight is 193 g/mol. The zero-order chi connectivity index (χ0) is 10.2. The van der Waals surface area contributed by atoms with Gasteiger partial charge in [0.1, 0.15) is 0 Å². The molecule has 0 spiro atoms. The molecular weight excluding hydrogens is 174 g/mol. The second kappa shape index (κ2) is 6.54. The molecule has 3 nitrogen and oxygen atoms in total. The van der Waals surface area contributed by atoms with Crippen LogP contribution in [-0.2, 0) is 6.54 Å². The Morgan fingerprint density at radius 2 is 1.79 bits per heavy atom. The largest absolute Gasteiger partial charge is 0.242 e. The van der Waals surface area contributed by atoms with Gasteiger partial charge >= 0.3 is 0 Å². The van der Waals surface area contributed by atoms with E-state index in [0.717, 1.165) is 19.6 Å². The first-order chi connectivity index (χ1) is 6.86. The Morgan fingerprint density at radius 3 is 2.36 bits per heavy atom. The smallest absolute Gasteiger partial charge is 0.0366 e. The molecular formula is C11H19N3. The van der Waals surface area contributed by atoms with Gasteiger partial charge in [0.15, 0.2) is 0 Å². The van der Waals surface area contributed by atoms with E-state index in [4.69, 9.17) is 0 Å². The lowest BCUT2D eigenvalue weighted by Gasteiger charge is -2.21. The molecule has 78 valence electrons. The molecule has 0 aliphatic carbocycles. The van der Waals surface area contributed by atoms with Crippen molar-refractivity contribution in [2.45, 2.75) is 20.4 Å². The Hall–Kier alpha value is -0.900. The van der Waals surface area contributed by atoms with Crippen LogP contribution in [0.2, 0.25) is 0 Å². The zero-order valence-corrected chi connectivity index (χ0v) is 8.96. The lowest BCUT2D eigenvalue weighted by molar-refractivity contribution is 0.122. The first-order valence-electron chi connectivity index (χ1n) is 5.15. The number of hydrogen-bond donors (Lipinski definition) is 2. The fraction of sp³-hybridized carbons (Fsp3) is 0.455. The minimum atomic E-state index is 0.863. The lowest BCUT2D eigenvalue weighted by Crippen LogP contribution is -2.47. The molecule has 1 rings (SSSR count). The second-order valence-electron chi connectivity index (χ2n) is 3.08. The van der Waals surface area contributed by atoms with Gasteiger partial charge in [-0.25, -0.2) is 10.9 Å². The van der Waals surface area contributed by atoms with E-state index >= 15 is 0 Å². The van der Waals surface area contributed by atoms with E-state index in [-0.39, 0.29) is 0 Å². The monoisotopic (exact) mass is 193 g/mol. The van der Waals surface area contributed by atoms with Gasteiger partial charge in [-0.05, 0) is 12.5 Å². The van der Waals surface area contributed by atoms with Crippen LogP contribution in [0.5, 0.6) is 0 Å². The highest BCUT2D eigenvalue weighted by Crippen LogP contribution is 1.97. The van der Waals surface area contributed by atoms with E-state index in [0.29, 0.717) is 0 Å². The summed E-state index contributed by atoms with van der Waals surface area (Å²) in [5.41, 5.74) is 7.83. The highest BCUT2D eigenvalue weighted by molar-refractivity contribution is 5.13. The molecule has 0 heterocycles. The van der Waals surface area contributed by atoms with Gasteiger partial charge in [-0.1, -0.05) is 37.3 Å². The van der Waals surface area contributed by atoms with Gasteiger partial charge in [0, 0.05) is 19.6 Å². The van der Waals surface area contributed by atoms with Crippen LogP contribution in [0.3, 0.4) is 0 Å². The summed E-state index contributed by atoms with van der Waals surface area (Å²) in [4.78, 5) is 0. The number of nitrogens with zero attached hydrogens (tertiary/aromatic N) is 1. The number of rotatable bonds is 6. The van der Waals surface area contributed by atoms with Gasteiger partial charge in [0.2, 0.25) is 0 Å². The first-order valence-corrected chi connectivity index (χ1v) is 5.15. The highest BCUT2D eigenvalue weighted by Gasteiger charge is 1.97. The molecule has 1 aromatic carbocycles. The average Bonchev–Trinajstić information content (AvgIpc) is 2.25. The maximum Gasteiger partial charge on any atom is 0.0366 e. The standard InChI is InChI=1S/C11H19N3/c1-3-12-14(4-2)13-10-11-8-6-5-7-9-11/h5-9,12-13H,3-4,10H2,1-2H3. The van der Waals surface area contributed by atoms with Crippen LogP contribution >= 0.6 is 0 Å². The maximum atomic E-state index is 3.31. The van der Waals surface area contributed by atoms with Crippen molar-refractivity contribution in [2.75, 3.05) is 13.1 Å². The van der Waals surface area contributed by atoms with Crippen LogP contribution in [-0.4, -0.2) is 18.2 Å². The summed E-state index contributed by atoms with van der Waals surface area (Å²) in [7, 11) is 0. The summed E-state index contributed by atoms with van der Waals surface area (Å²) in [6.07, 6.45) is 0. The van der Waals surface area contributed by atoms with E-state index in [1.54, 1.807) is 0 Å². The maximum absolute atomic E-state index is 3.31. The van der Waals surface area contributed by atoms with E-state index in [1.165, 1.54) is 5.56 Å². The van der Waals surface area contributed by atoms with Gasteiger partial charge in [-0.3, -0.25) is 0 Å². The van der Waals surface area contributed by atoms with Crippen LogP contribution in [0.4, 0.5) is 0 Å². The van der Waals surface area contributed by atoms with Gasteiger partial charge in [0.05, 0.1) is 0 Å². The molecule has 0 saturated carbocycles. The minimum Gasteiger partial charge on any atom is -0.242 e. The molecule has 0 aliphatic rings. The summed E-state index contributed by atoms with van der Waals surface area (Å²) in [6.45, 7) is 6.95. The van der Waals surface area contributed by atoms with Crippen molar-refractivity contribution in [3.63, 3.8) is 0 Å². The van der Waals surface area contributed by atoms with Crippen LogP contribution < -0.4 is 10.9 Å². The molecule has 0 radical (unpaired) electrons. The predicted molar refractivity (Wildman–Crippen MR) is 59.3 cm³/mol. The Morgan fingerprint density at radius 1 is 1.07 bits per heavy atom. The van der Waals surface area contributed by atoms with Crippen LogP contribution in [0.15, 0.2) is 30.3 Å². The summed E-state index contributed by atoms with van der Waals surface area (Å²) in [6, 6.07) is 10.4. The number of hydrazine groups is 2. The van der Waals surface area contributed by atoms with E-state index in [1.807, 2.05) is 11.2 Å². The topological polar surface area (TPSA) is 27.3 Å². The minimum absolute atomic E-state index is 0.863. The highest BCUT2D eigenvalue weighted by atomic mass is 15.7. The number of nitrogens with one attached hydrogen (secondary N) is 2. The number of hydrogen-bond acceptors (Lipinski definition) is 3. The first kappa shape index (κ1) is 11.2. The third kappa shape index (κ3) is 3.87. The SMILES string of the molecule is CCNN(CC)NCc1ccccc1. The van der Waals surface area contributed by atoms with E-state index in [9.17, 15) is 0 Å². The van der Waals surface area contributed by atoms with Gasteiger partial charge in [0.25, 0.3) is 0 Å². The Balaban J connectivity index is 2.32. The van der Waals surface area contributed by atoms with Crippen molar-refractivity contribution < 1.29 is 0 Å². The molecule has 0 aromatic heterocycles. The van der Waals surface area contributed by atoms with Gasteiger partial charge < -0.3 is 0 Å². The predicted octanol–water partition coefficient (Wildman–Crippen LogP) is 1.54. The molecule has 2 N–H and O–H groups in total. The van der Waals surface area contributed by atoms with Crippen LogP contribution in [0.1, 0.15) is 19.4 Å². The van der Waals surface area contributed by atoms with Crippen molar-refractivity contribution in [1.29, 1.82) is 0 Å².